The van der Waals surface area contributed by atoms with E-state index in [0.717, 1.165) is 0 Å². The number of aromatic nitrogens is 2. The van der Waals surface area contributed by atoms with Crippen LogP contribution in [0.15, 0.2) is 34.9 Å². The highest BCUT2D eigenvalue weighted by Gasteiger charge is 2.23. The summed E-state index contributed by atoms with van der Waals surface area (Å²) in [5.74, 6) is 0.442. The fraction of sp³-hybridized carbons (Fsp3) is 0.0714. The number of furan rings is 1. The fourth-order valence-corrected chi connectivity index (χ4v) is 2.96. The molecule has 0 saturated carbocycles. The lowest BCUT2D eigenvalue weighted by Crippen LogP contribution is -1.98. The fourth-order valence-electron chi connectivity index (χ4n) is 2.17. The van der Waals surface area contributed by atoms with Crippen LogP contribution in [0.5, 0.6) is 0 Å². The maximum absolute atomic E-state index is 6.28. The zero-order valence-electron chi connectivity index (χ0n) is 10.9. The molecule has 3 rings (SSSR count). The molecular formula is C14H10Cl3N3O. The molecule has 0 aliphatic heterocycles. The Morgan fingerprint density at radius 3 is 2.33 bits per heavy atom. The Labute approximate surface area is 136 Å². The van der Waals surface area contributed by atoms with Crippen LogP contribution in [0, 0.1) is 0 Å². The Morgan fingerprint density at radius 1 is 1.10 bits per heavy atom. The van der Waals surface area contributed by atoms with E-state index in [1.165, 1.54) is 6.26 Å². The Balaban J connectivity index is 2.36. The Morgan fingerprint density at radius 2 is 1.76 bits per heavy atom. The van der Waals surface area contributed by atoms with Gasteiger partial charge in [0.1, 0.15) is 11.5 Å². The van der Waals surface area contributed by atoms with Crippen LogP contribution in [0.4, 0.5) is 5.82 Å². The summed E-state index contributed by atoms with van der Waals surface area (Å²) in [6, 6.07) is 6.98. The molecule has 1 aromatic carbocycles. The van der Waals surface area contributed by atoms with Crippen LogP contribution in [0.3, 0.4) is 0 Å². The van der Waals surface area contributed by atoms with Crippen molar-refractivity contribution in [1.29, 1.82) is 0 Å². The molecule has 0 unspecified atom stereocenters. The summed E-state index contributed by atoms with van der Waals surface area (Å²) in [5, 5.41) is 5.61. The van der Waals surface area contributed by atoms with Gasteiger partial charge in [0.2, 0.25) is 5.22 Å². The van der Waals surface area contributed by atoms with Crippen molar-refractivity contribution < 1.29 is 4.42 Å². The van der Waals surface area contributed by atoms with E-state index >= 15 is 0 Å². The number of benzene rings is 1. The first-order chi connectivity index (χ1) is 10.0. The number of nitrogens with two attached hydrogens (primary N) is 1. The molecule has 21 heavy (non-hydrogen) atoms. The lowest BCUT2D eigenvalue weighted by atomic mass is 10.0. The van der Waals surface area contributed by atoms with E-state index < -0.39 is 0 Å². The highest BCUT2D eigenvalue weighted by Crippen LogP contribution is 2.44. The van der Waals surface area contributed by atoms with E-state index in [0.29, 0.717) is 38.2 Å². The van der Waals surface area contributed by atoms with Crippen molar-refractivity contribution in [1.82, 2.24) is 9.78 Å². The van der Waals surface area contributed by atoms with Crippen molar-refractivity contribution in [2.75, 3.05) is 5.73 Å². The van der Waals surface area contributed by atoms with Crippen molar-refractivity contribution in [3.8, 4) is 22.4 Å². The highest BCUT2D eigenvalue weighted by atomic mass is 35.5. The van der Waals surface area contributed by atoms with Crippen LogP contribution in [0.25, 0.3) is 22.4 Å². The van der Waals surface area contributed by atoms with E-state index in [1.807, 2.05) is 0 Å². The predicted octanol–water partition coefficient (Wildman–Crippen LogP) is 4.89. The molecule has 0 radical (unpaired) electrons. The van der Waals surface area contributed by atoms with E-state index in [2.05, 4.69) is 5.10 Å². The van der Waals surface area contributed by atoms with Crippen molar-refractivity contribution in [3.63, 3.8) is 0 Å². The van der Waals surface area contributed by atoms with Gasteiger partial charge in [0.15, 0.2) is 0 Å². The number of halogens is 3. The minimum Gasteiger partial charge on any atom is -0.452 e. The van der Waals surface area contributed by atoms with Crippen LogP contribution in [-0.4, -0.2) is 9.78 Å². The van der Waals surface area contributed by atoms with Gasteiger partial charge in [0.25, 0.3) is 0 Å². The Hall–Kier alpha value is -1.62. The van der Waals surface area contributed by atoms with Crippen molar-refractivity contribution >= 4 is 40.6 Å². The monoisotopic (exact) mass is 341 g/mol. The number of hydrogen-bond donors (Lipinski definition) is 1. The van der Waals surface area contributed by atoms with Gasteiger partial charge >= 0.3 is 0 Å². The number of anilines is 1. The Kier molecular flexibility index (Phi) is 3.61. The molecule has 2 N–H and O–H groups in total. The molecule has 0 atom stereocenters. The second-order valence-corrected chi connectivity index (χ2v) is 5.59. The molecule has 0 aliphatic carbocycles. The molecule has 2 heterocycles. The van der Waals surface area contributed by atoms with Gasteiger partial charge in [-0.25, -0.2) is 0 Å². The molecule has 0 spiro atoms. The summed E-state index contributed by atoms with van der Waals surface area (Å²) in [6.45, 7) is 0. The largest absolute Gasteiger partial charge is 0.452 e. The smallest absolute Gasteiger partial charge is 0.202 e. The summed E-state index contributed by atoms with van der Waals surface area (Å²) in [7, 11) is 1.74. The topological polar surface area (TPSA) is 57.0 Å². The zero-order valence-corrected chi connectivity index (χ0v) is 13.2. The molecule has 7 heteroatoms. The van der Waals surface area contributed by atoms with Crippen LogP contribution in [-0.2, 0) is 7.05 Å². The lowest BCUT2D eigenvalue weighted by molar-refractivity contribution is 0.570. The van der Waals surface area contributed by atoms with Gasteiger partial charge in [-0.05, 0) is 29.8 Å². The summed E-state index contributed by atoms with van der Waals surface area (Å²) < 4.78 is 6.68. The van der Waals surface area contributed by atoms with Gasteiger partial charge in [-0.1, -0.05) is 29.3 Å². The maximum Gasteiger partial charge on any atom is 0.202 e. The van der Waals surface area contributed by atoms with Gasteiger partial charge in [-0.3, -0.25) is 4.68 Å². The Bertz CT molecular complexity index is 803. The number of nitrogen functional groups attached to an aromatic ring is 1. The van der Waals surface area contributed by atoms with E-state index in [4.69, 9.17) is 45.0 Å². The lowest BCUT2D eigenvalue weighted by Gasteiger charge is -2.08. The second-order valence-electron chi connectivity index (χ2n) is 4.44. The number of hydrogen-bond acceptors (Lipinski definition) is 3. The van der Waals surface area contributed by atoms with Gasteiger partial charge in [0.05, 0.1) is 27.4 Å². The zero-order chi connectivity index (χ0) is 15.1. The number of aryl methyl sites for hydroxylation is 1. The molecule has 0 bridgehead atoms. The van der Waals surface area contributed by atoms with Crippen LogP contribution >= 0.6 is 34.8 Å². The van der Waals surface area contributed by atoms with Crippen LogP contribution < -0.4 is 5.73 Å². The molecule has 0 saturated heterocycles. The average molecular weight is 343 g/mol. The van der Waals surface area contributed by atoms with Gasteiger partial charge < -0.3 is 10.2 Å². The number of nitrogens with zero attached hydrogens (tertiary/aromatic N) is 2. The first kappa shape index (κ1) is 14.3. The molecule has 108 valence electrons. The molecule has 2 aromatic heterocycles. The first-order valence-corrected chi connectivity index (χ1v) is 7.14. The van der Waals surface area contributed by atoms with Gasteiger partial charge in [-0.2, -0.15) is 5.10 Å². The SMILES string of the molecule is Cn1nc(-c2ccoc2Cl)c(-c2c(Cl)cccc2Cl)c1N. The van der Waals surface area contributed by atoms with E-state index in [-0.39, 0.29) is 5.22 Å². The van der Waals surface area contributed by atoms with E-state index in [1.54, 1.807) is 36.0 Å². The molecule has 0 fully saturated rings. The average Bonchev–Trinajstić information content (AvgIpc) is 2.96. The summed E-state index contributed by atoms with van der Waals surface area (Å²) >= 11 is 18.6. The second kappa shape index (κ2) is 5.30. The minimum atomic E-state index is 0.234. The molecule has 0 aliphatic rings. The summed E-state index contributed by atoms with van der Waals surface area (Å²) in [5.41, 5.74) is 8.61. The molecular weight excluding hydrogens is 333 g/mol. The normalized spacial score (nSPS) is 11.0. The third-order valence-electron chi connectivity index (χ3n) is 3.18. The van der Waals surface area contributed by atoms with Crippen molar-refractivity contribution in [2.24, 2.45) is 7.05 Å². The highest BCUT2D eigenvalue weighted by molar-refractivity contribution is 6.40. The van der Waals surface area contributed by atoms with Crippen LogP contribution in [0.2, 0.25) is 15.3 Å². The predicted molar refractivity (Wildman–Crippen MR) is 85.8 cm³/mol. The van der Waals surface area contributed by atoms with E-state index in [9.17, 15) is 0 Å². The van der Waals surface area contributed by atoms with Gasteiger partial charge in [0, 0.05) is 12.6 Å². The summed E-state index contributed by atoms with van der Waals surface area (Å²) in [4.78, 5) is 0. The first-order valence-electron chi connectivity index (χ1n) is 6.01. The third-order valence-corrected chi connectivity index (χ3v) is 4.10. The number of rotatable bonds is 2. The molecule has 3 aromatic rings. The maximum atomic E-state index is 6.28. The van der Waals surface area contributed by atoms with Gasteiger partial charge in [-0.15, -0.1) is 0 Å². The minimum absolute atomic E-state index is 0.234. The third kappa shape index (κ3) is 2.29. The molecule has 0 amide bonds. The quantitative estimate of drug-likeness (QED) is 0.721. The molecule has 4 nitrogen and oxygen atoms in total. The van der Waals surface area contributed by atoms with Crippen LogP contribution in [0.1, 0.15) is 0 Å². The standard InChI is InChI=1S/C14H10Cl3N3O/c1-20-14(18)11(10-8(15)3-2-4-9(10)16)12(19-20)7-5-6-21-13(7)17/h2-6H,18H2,1H3. The van der Waals surface area contributed by atoms with Crippen molar-refractivity contribution in [3.05, 3.63) is 45.8 Å². The summed E-state index contributed by atoms with van der Waals surface area (Å²) in [6.07, 6.45) is 1.49. The van der Waals surface area contributed by atoms with Crippen molar-refractivity contribution in [2.45, 2.75) is 0 Å².